The van der Waals surface area contributed by atoms with Crippen LogP contribution in [0.25, 0.3) is 16.6 Å². The third kappa shape index (κ3) is 2.18. The van der Waals surface area contributed by atoms with Gasteiger partial charge in [-0.25, -0.2) is 4.52 Å². The number of benzene rings is 1. The van der Waals surface area contributed by atoms with Crippen molar-refractivity contribution in [3.05, 3.63) is 52.7 Å². The molecular weight excluding hydrogens is 276 g/mol. The van der Waals surface area contributed by atoms with E-state index >= 15 is 0 Å². The highest BCUT2D eigenvalue weighted by Crippen LogP contribution is 2.30. The molecule has 0 amide bonds. The number of nitrogens with zero attached hydrogens (tertiary/aromatic N) is 4. The fourth-order valence-electron chi connectivity index (χ4n) is 2.04. The average Bonchev–Trinajstić information content (AvgIpc) is 2.91. The normalized spacial score (nSPS) is 10.5. The van der Waals surface area contributed by atoms with Crippen molar-refractivity contribution >= 4 is 17.7 Å². The highest BCUT2D eigenvalue weighted by molar-refractivity contribution is 5.84. The third-order valence-corrected chi connectivity index (χ3v) is 2.96. The Bertz CT molecular complexity index is 826. The summed E-state index contributed by atoms with van der Waals surface area (Å²) in [6, 6.07) is 9.59. The molecule has 8 nitrogen and oxygen atoms in total. The number of hydrogen-bond donors (Lipinski definition) is 0. The van der Waals surface area contributed by atoms with E-state index in [1.54, 1.807) is 30.5 Å². The van der Waals surface area contributed by atoms with Crippen LogP contribution in [-0.2, 0) is 4.79 Å². The van der Waals surface area contributed by atoms with Crippen molar-refractivity contribution in [3.8, 4) is 17.0 Å². The number of nitro groups is 1. The summed E-state index contributed by atoms with van der Waals surface area (Å²) in [5.41, 5.74) is 1.94. The lowest BCUT2D eigenvalue weighted by molar-refractivity contribution is -0.384. The summed E-state index contributed by atoms with van der Waals surface area (Å²) in [5, 5.41) is 18.3. The second-order valence-corrected chi connectivity index (χ2v) is 4.13. The van der Waals surface area contributed by atoms with E-state index in [4.69, 9.17) is 4.74 Å². The van der Waals surface area contributed by atoms with Gasteiger partial charge in [-0.1, -0.05) is 16.4 Å². The van der Waals surface area contributed by atoms with E-state index in [1.807, 2.05) is 0 Å². The monoisotopic (exact) mass is 284 g/mol. The van der Waals surface area contributed by atoms with Crippen molar-refractivity contribution in [1.29, 1.82) is 0 Å². The van der Waals surface area contributed by atoms with Crippen LogP contribution in [0.2, 0.25) is 0 Å². The van der Waals surface area contributed by atoms with E-state index in [-0.39, 0.29) is 18.0 Å². The highest BCUT2D eigenvalue weighted by Gasteiger charge is 2.14. The largest absolute Gasteiger partial charge is 0.406 e. The molecule has 0 saturated heterocycles. The Labute approximate surface area is 117 Å². The van der Waals surface area contributed by atoms with Gasteiger partial charge in [0.1, 0.15) is 5.52 Å². The zero-order valence-corrected chi connectivity index (χ0v) is 10.5. The zero-order valence-electron chi connectivity index (χ0n) is 10.5. The molecule has 0 fully saturated rings. The van der Waals surface area contributed by atoms with E-state index in [0.717, 1.165) is 5.56 Å². The maximum atomic E-state index is 10.7. The molecule has 0 unspecified atom stereocenters. The second-order valence-electron chi connectivity index (χ2n) is 4.13. The van der Waals surface area contributed by atoms with Crippen molar-refractivity contribution in [2.24, 2.45) is 0 Å². The summed E-state index contributed by atoms with van der Waals surface area (Å²) < 4.78 is 6.27. The maximum absolute atomic E-state index is 10.7. The molecule has 0 spiro atoms. The van der Waals surface area contributed by atoms with Crippen LogP contribution in [0, 0.1) is 10.1 Å². The van der Waals surface area contributed by atoms with Gasteiger partial charge in [-0.15, -0.1) is 0 Å². The first-order valence-electron chi connectivity index (χ1n) is 5.90. The molecular formula is C13H8N4O4. The Morgan fingerprint density at radius 2 is 2.00 bits per heavy atom. The number of nitro benzene ring substituents is 1. The molecule has 8 heteroatoms. The summed E-state index contributed by atoms with van der Waals surface area (Å²) >= 11 is 0. The van der Waals surface area contributed by atoms with Gasteiger partial charge in [-0.3, -0.25) is 14.9 Å². The van der Waals surface area contributed by atoms with Crippen LogP contribution in [0.4, 0.5) is 5.69 Å². The molecule has 21 heavy (non-hydrogen) atoms. The van der Waals surface area contributed by atoms with Crippen LogP contribution < -0.4 is 4.74 Å². The SMILES string of the molecule is O=COc1nnn2cccc(-c3ccc([N+](=O)[O-])cc3)c12. The Morgan fingerprint density at radius 3 is 2.67 bits per heavy atom. The van der Waals surface area contributed by atoms with Crippen LogP contribution in [-0.4, -0.2) is 26.2 Å². The first-order chi connectivity index (χ1) is 10.2. The number of rotatable bonds is 4. The summed E-state index contributed by atoms with van der Waals surface area (Å²) in [5.74, 6) is 0.0824. The molecule has 3 aromatic rings. The molecule has 0 radical (unpaired) electrons. The Morgan fingerprint density at radius 1 is 1.24 bits per heavy atom. The number of hydrogen-bond acceptors (Lipinski definition) is 6. The van der Waals surface area contributed by atoms with Crippen molar-refractivity contribution in [1.82, 2.24) is 14.8 Å². The Hall–Kier alpha value is -3.29. The highest BCUT2D eigenvalue weighted by atomic mass is 16.6. The summed E-state index contributed by atoms with van der Waals surface area (Å²) in [7, 11) is 0. The van der Waals surface area contributed by atoms with Gasteiger partial charge in [-0.05, 0) is 23.8 Å². The molecule has 2 heterocycles. The second kappa shape index (κ2) is 5.00. The fourth-order valence-corrected chi connectivity index (χ4v) is 2.04. The lowest BCUT2D eigenvalue weighted by Gasteiger charge is -2.04. The predicted octanol–water partition coefficient (Wildman–Crippen LogP) is 1.84. The zero-order chi connectivity index (χ0) is 14.8. The molecule has 0 aliphatic heterocycles. The summed E-state index contributed by atoms with van der Waals surface area (Å²) in [4.78, 5) is 20.7. The lowest BCUT2D eigenvalue weighted by atomic mass is 10.1. The van der Waals surface area contributed by atoms with Crippen LogP contribution in [0.3, 0.4) is 0 Å². The number of carbonyl (C=O) groups is 1. The third-order valence-electron chi connectivity index (χ3n) is 2.96. The van der Waals surface area contributed by atoms with Crippen LogP contribution >= 0.6 is 0 Å². The van der Waals surface area contributed by atoms with Gasteiger partial charge in [0.2, 0.25) is 0 Å². The van der Waals surface area contributed by atoms with E-state index in [9.17, 15) is 14.9 Å². The van der Waals surface area contributed by atoms with Gasteiger partial charge in [0.25, 0.3) is 18.0 Å². The van der Waals surface area contributed by atoms with Gasteiger partial charge in [-0.2, -0.15) is 0 Å². The van der Waals surface area contributed by atoms with E-state index in [0.29, 0.717) is 11.1 Å². The van der Waals surface area contributed by atoms with Crippen LogP contribution in [0.5, 0.6) is 5.88 Å². The minimum Gasteiger partial charge on any atom is -0.406 e. The number of non-ortho nitro benzene ring substituents is 1. The molecule has 0 aliphatic carbocycles. The molecule has 0 bridgehead atoms. The van der Waals surface area contributed by atoms with Gasteiger partial charge < -0.3 is 4.74 Å². The molecule has 3 rings (SSSR count). The molecule has 2 aromatic heterocycles. The maximum Gasteiger partial charge on any atom is 0.299 e. The number of fused-ring (bicyclic) bond motifs is 1. The standard InChI is InChI=1S/C13H8N4O4/c18-8-21-13-12-11(2-1-7-16(12)15-14-13)9-3-5-10(6-4-9)17(19)20/h1-8H. The number of ether oxygens (including phenoxy) is 1. The van der Waals surface area contributed by atoms with Gasteiger partial charge in [0.05, 0.1) is 4.92 Å². The van der Waals surface area contributed by atoms with Gasteiger partial charge in [0, 0.05) is 23.9 Å². The first-order valence-corrected chi connectivity index (χ1v) is 5.90. The fraction of sp³-hybridized carbons (Fsp3) is 0. The summed E-state index contributed by atoms with van der Waals surface area (Å²) in [6.45, 7) is 0.274. The molecule has 1 aromatic carbocycles. The quantitative estimate of drug-likeness (QED) is 0.411. The van der Waals surface area contributed by atoms with Gasteiger partial charge >= 0.3 is 0 Å². The molecule has 0 aliphatic rings. The average molecular weight is 284 g/mol. The lowest BCUT2D eigenvalue weighted by Crippen LogP contribution is -1.93. The van der Waals surface area contributed by atoms with Crippen molar-refractivity contribution < 1.29 is 14.5 Å². The molecule has 104 valence electrons. The summed E-state index contributed by atoms with van der Waals surface area (Å²) in [6.07, 6.45) is 1.66. The number of aromatic nitrogens is 3. The van der Waals surface area contributed by atoms with Crippen molar-refractivity contribution in [3.63, 3.8) is 0 Å². The molecule has 0 atom stereocenters. The molecule has 0 saturated carbocycles. The molecule has 0 N–H and O–H groups in total. The van der Waals surface area contributed by atoms with Crippen LogP contribution in [0.1, 0.15) is 0 Å². The topological polar surface area (TPSA) is 99.6 Å². The van der Waals surface area contributed by atoms with Gasteiger partial charge in [0.15, 0.2) is 0 Å². The minimum atomic E-state index is -0.467. The Kier molecular flexibility index (Phi) is 3.03. The van der Waals surface area contributed by atoms with Crippen molar-refractivity contribution in [2.45, 2.75) is 0 Å². The smallest absolute Gasteiger partial charge is 0.299 e. The Balaban J connectivity index is 2.17. The number of carbonyl (C=O) groups excluding carboxylic acids is 1. The predicted molar refractivity (Wildman–Crippen MR) is 71.8 cm³/mol. The van der Waals surface area contributed by atoms with E-state index < -0.39 is 4.92 Å². The van der Waals surface area contributed by atoms with Crippen molar-refractivity contribution in [2.75, 3.05) is 0 Å². The minimum absolute atomic E-state index is 0.00157. The number of pyridine rings is 1. The van der Waals surface area contributed by atoms with E-state index in [1.165, 1.54) is 16.6 Å². The van der Waals surface area contributed by atoms with Crippen LogP contribution in [0.15, 0.2) is 42.6 Å². The first kappa shape index (κ1) is 12.7. The van der Waals surface area contributed by atoms with E-state index in [2.05, 4.69) is 10.3 Å².